The van der Waals surface area contributed by atoms with Crippen molar-refractivity contribution in [1.82, 2.24) is 15.2 Å². The summed E-state index contributed by atoms with van der Waals surface area (Å²) in [5, 5.41) is 3.98. The second-order valence-electron chi connectivity index (χ2n) is 4.93. The van der Waals surface area contributed by atoms with Crippen molar-refractivity contribution in [2.24, 2.45) is 0 Å². The molecule has 0 aliphatic rings. The second-order valence-corrected chi connectivity index (χ2v) is 4.93. The Morgan fingerprint density at radius 3 is 2.89 bits per heavy atom. The van der Waals surface area contributed by atoms with Crippen molar-refractivity contribution in [3.05, 3.63) is 42.1 Å². The number of amides is 1. The molecule has 4 nitrogen and oxygen atoms in total. The fourth-order valence-electron chi connectivity index (χ4n) is 1.73. The van der Waals surface area contributed by atoms with Crippen LogP contribution in [0.2, 0.25) is 0 Å². The molecule has 1 unspecified atom stereocenters. The molecule has 0 spiro atoms. The molecule has 1 heterocycles. The van der Waals surface area contributed by atoms with Gasteiger partial charge in [-0.1, -0.05) is 12.1 Å². The van der Waals surface area contributed by atoms with Crippen LogP contribution in [0.4, 0.5) is 0 Å². The highest BCUT2D eigenvalue weighted by Crippen LogP contribution is 2.13. The number of benzene rings is 1. The third-order valence-corrected chi connectivity index (χ3v) is 3.31. The monoisotopic (exact) mass is 257 g/mol. The molecule has 2 aromatic rings. The summed E-state index contributed by atoms with van der Waals surface area (Å²) in [6.07, 6.45) is 1.73. The first-order valence-electron chi connectivity index (χ1n) is 6.37. The van der Waals surface area contributed by atoms with Crippen molar-refractivity contribution in [2.45, 2.75) is 13.0 Å². The fourth-order valence-corrected chi connectivity index (χ4v) is 1.73. The van der Waals surface area contributed by atoms with Gasteiger partial charge in [0.15, 0.2) is 0 Å². The van der Waals surface area contributed by atoms with E-state index in [9.17, 15) is 4.79 Å². The average Bonchev–Trinajstić information content (AvgIpc) is 2.43. The van der Waals surface area contributed by atoms with Crippen LogP contribution in [0.25, 0.3) is 10.9 Å². The molecule has 0 saturated carbocycles. The van der Waals surface area contributed by atoms with Crippen molar-refractivity contribution in [1.29, 1.82) is 0 Å². The molecule has 100 valence electrons. The zero-order valence-corrected chi connectivity index (χ0v) is 11.6. The van der Waals surface area contributed by atoms with Crippen molar-refractivity contribution in [3.8, 4) is 0 Å². The molecule has 4 heteroatoms. The zero-order valence-electron chi connectivity index (χ0n) is 11.6. The van der Waals surface area contributed by atoms with Crippen LogP contribution >= 0.6 is 0 Å². The Morgan fingerprint density at radius 2 is 2.16 bits per heavy atom. The standard InChI is InChI=1S/C15H19N3O/c1-11(18(2)3)10-17-15(19)13-7-6-12-5-4-8-16-14(12)9-13/h4-9,11H,10H2,1-3H3,(H,17,19). The molecule has 19 heavy (non-hydrogen) atoms. The summed E-state index contributed by atoms with van der Waals surface area (Å²) >= 11 is 0. The number of aromatic nitrogens is 1. The molecule has 0 saturated heterocycles. The van der Waals surface area contributed by atoms with E-state index in [0.29, 0.717) is 18.2 Å². The lowest BCUT2D eigenvalue weighted by Gasteiger charge is -2.19. The highest BCUT2D eigenvalue weighted by Gasteiger charge is 2.09. The number of nitrogens with zero attached hydrogens (tertiary/aromatic N) is 2. The van der Waals surface area contributed by atoms with E-state index in [-0.39, 0.29) is 5.91 Å². The van der Waals surface area contributed by atoms with Gasteiger partial charge in [-0.05, 0) is 39.2 Å². The highest BCUT2D eigenvalue weighted by molar-refractivity contribution is 5.97. The number of fused-ring (bicyclic) bond motifs is 1. The largest absolute Gasteiger partial charge is 0.350 e. The van der Waals surface area contributed by atoms with Gasteiger partial charge in [-0.15, -0.1) is 0 Å². The fraction of sp³-hybridized carbons (Fsp3) is 0.333. The van der Waals surface area contributed by atoms with Crippen LogP contribution in [0.3, 0.4) is 0 Å². The Hall–Kier alpha value is -1.94. The minimum absolute atomic E-state index is 0.0544. The molecule has 0 aliphatic heterocycles. The molecule has 0 aliphatic carbocycles. The van der Waals surface area contributed by atoms with Gasteiger partial charge in [0.2, 0.25) is 0 Å². The Balaban J connectivity index is 2.09. The molecular weight excluding hydrogens is 238 g/mol. The Morgan fingerprint density at radius 1 is 1.37 bits per heavy atom. The highest BCUT2D eigenvalue weighted by atomic mass is 16.1. The van der Waals surface area contributed by atoms with Gasteiger partial charge in [-0.2, -0.15) is 0 Å². The van der Waals surface area contributed by atoms with Crippen molar-refractivity contribution in [2.75, 3.05) is 20.6 Å². The van der Waals surface area contributed by atoms with Crippen LogP contribution < -0.4 is 5.32 Å². The molecule has 1 atom stereocenters. The number of carbonyl (C=O) groups excluding carboxylic acids is 1. The Bertz CT molecular complexity index is 580. The normalized spacial score (nSPS) is 12.6. The lowest BCUT2D eigenvalue weighted by molar-refractivity contribution is 0.0944. The number of hydrogen-bond acceptors (Lipinski definition) is 3. The third-order valence-electron chi connectivity index (χ3n) is 3.31. The Kier molecular flexibility index (Phi) is 4.12. The summed E-state index contributed by atoms with van der Waals surface area (Å²) in [6.45, 7) is 2.70. The average molecular weight is 257 g/mol. The number of rotatable bonds is 4. The number of carbonyl (C=O) groups is 1. The maximum Gasteiger partial charge on any atom is 0.251 e. The maximum atomic E-state index is 12.1. The lowest BCUT2D eigenvalue weighted by Crippen LogP contribution is -2.38. The van der Waals surface area contributed by atoms with Crippen LogP contribution in [0.15, 0.2) is 36.5 Å². The van der Waals surface area contributed by atoms with E-state index in [1.165, 1.54) is 0 Å². The van der Waals surface area contributed by atoms with Crippen LogP contribution in [-0.4, -0.2) is 42.5 Å². The number of likely N-dealkylation sites (N-methyl/N-ethyl adjacent to an activating group) is 1. The Labute approximate surface area is 113 Å². The first-order chi connectivity index (χ1) is 9.08. The van der Waals surface area contributed by atoms with Crippen molar-refractivity contribution >= 4 is 16.8 Å². The lowest BCUT2D eigenvalue weighted by atomic mass is 10.1. The van der Waals surface area contributed by atoms with Gasteiger partial charge in [0.1, 0.15) is 0 Å². The number of pyridine rings is 1. The minimum Gasteiger partial charge on any atom is -0.350 e. The SMILES string of the molecule is CC(CNC(=O)c1ccc2cccnc2c1)N(C)C. The van der Waals surface area contributed by atoms with Gasteiger partial charge >= 0.3 is 0 Å². The maximum absolute atomic E-state index is 12.1. The van der Waals surface area contributed by atoms with E-state index < -0.39 is 0 Å². The van der Waals surface area contributed by atoms with Crippen molar-refractivity contribution < 1.29 is 4.79 Å². The van der Waals surface area contributed by atoms with Gasteiger partial charge < -0.3 is 10.2 Å². The predicted octanol–water partition coefficient (Wildman–Crippen LogP) is 1.91. The molecule has 0 radical (unpaired) electrons. The summed E-state index contributed by atoms with van der Waals surface area (Å²) in [5.74, 6) is -0.0544. The summed E-state index contributed by atoms with van der Waals surface area (Å²) in [4.78, 5) is 18.4. The van der Waals surface area contributed by atoms with Gasteiger partial charge in [0, 0.05) is 29.7 Å². The van der Waals surface area contributed by atoms with E-state index in [1.807, 2.05) is 44.4 Å². The quantitative estimate of drug-likeness (QED) is 0.910. The van der Waals surface area contributed by atoms with Crippen LogP contribution in [0.1, 0.15) is 17.3 Å². The number of hydrogen-bond donors (Lipinski definition) is 1. The van der Waals surface area contributed by atoms with E-state index in [2.05, 4.69) is 22.1 Å². The molecule has 0 fully saturated rings. The molecule has 1 N–H and O–H groups in total. The molecule has 0 bridgehead atoms. The number of nitrogens with one attached hydrogen (secondary N) is 1. The molecule has 2 rings (SSSR count). The summed E-state index contributed by atoms with van der Waals surface area (Å²) in [6, 6.07) is 9.76. The van der Waals surface area contributed by atoms with Gasteiger partial charge in [-0.3, -0.25) is 9.78 Å². The van der Waals surface area contributed by atoms with Crippen LogP contribution in [0.5, 0.6) is 0 Å². The van der Waals surface area contributed by atoms with E-state index in [0.717, 1.165) is 10.9 Å². The summed E-state index contributed by atoms with van der Waals surface area (Å²) < 4.78 is 0. The van der Waals surface area contributed by atoms with Gasteiger partial charge in [0.05, 0.1) is 5.52 Å². The third kappa shape index (κ3) is 3.29. The molecular formula is C15H19N3O. The van der Waals surface area contributed by atoms with E-state index >= 15 is 0 Å². The van der Waals surface area contributed by atoms with E-state index in [4.69, 9.17) is 0 Å². The first-order valence-corrected chi connectivity index (χ1v) is 6.37. The van der Waals surface area contributed by atoms with Crippen LogP contribution in [-0.2, 0) is 0 Å². The zero-order chi connectivity index (χ0) is 13.8. The topological polar surface area (TPSA) is 45.2 Å². The molecule has 1 amide bonds. The van der Waals surface area contributed by atoms with Gasteiger partial charge in [-0.25, -0.2) is 0 Å². The summed E-state index contributed by atoms with van der Waals surface area (Å²) in [7, 11) is 3.99. The second kappa shape index (κ2) is 5.80. The van der Waals surface area contributed by atoms with Crippen LogP contribution in [0, 0.1) is 0 Å². The first kappa shape index (κ1) is 13.5. The predicted molar refractivity (Wildman–Crippen MR) is 77.2 cm³/mol. The summed E-state index contributed by atoms with van der Waals surface area (Å²) in [5.41, 5.74) is 1.49. The molecule has 1 aromatic heterocycles. The minimum atomic E-state index is -0.0544. The van der Waals surface area contributed by atoms with Crippen molar-refractivity contribution in [3.63, 3.8) is 0 Å². The molecule has 1 aromatic carbocycles. The smallest absolute Gasteiger partial charge is 0.251 e. The van der Waals surface area contributed by atoms with E-state index in [1.54, 1.807) is 6.20 Å². The van der Waals surface area contributed by atoms with Gasteiger partial charge in [0.25, 0.3) is 5.91 Å².